The quantitative estimate of drug-likeness (QED) is 0.140. The maximum absolute atomic E-state index is 7.57. The molecular weight excluding hydrogens is 1160 g/mol. The van der Waals surface area contributed by atoms with E-state index in [2.05, 4.69) is 205 Å². The van der Waals surface area contributed by atoms with Crippen LogP contribution < -0.4 is 0 Å². The van der Waals surface area contributed by atoms with Gasteiger partial charge in [0, 0.05) is 126 Å². The van der Waals surface area contributed by atoms with Crippen molar-refractivity contribution in [3.8, 4) is 0 Å². The smallest absolute Gasteiger partial charge is 0.0970 e. The van der Waals surface area contributed by atoms with E-state index in [1.807, 2.05) is 110 Å². The second-order valence-electron chi connectivity index (χ2n) is 23.9. The Labute approximate surface area is 571 Å². The molecule has 0 bridgehead atoms. The molecule has 0 saturated carbocycles. The first-order chi connectivity index (χ1) is 54.4. The van der Waals surface area contributed by atoms with Crippen molar-refractivity contribution in [1.29, 1.82) is 0 Å². The van der Waals surface area contributed by atoms with Crippen molar-refractivity contribution in [2.45, 2.75) is 34.5 Å². The van der Waals surface area contributed by atoms with Gasteiger partial charge in [0.2, 0.25) is 0 Å². The minimum atomic E-state index is 0.294. The van der Waals surface area contributed by atoms with Gasteiger partial charge in [0.15, 0.2) is 0 Å². The maximum atomic E-state index is 7.57. The van der Waals surface area contributed by atoms with E-state index in [1.165, 1.54) is 80.8 Å². The van der Waals surface area contributed by atoms with Gasteiger partial charge in [0.1, 0.15) is 0 Å². The first-order valence-corrected chi connectivity index (χ1v) is 31.5. The van der Waals surface area contributed by atoms with Crippen molar-refractivity contribution < 1.29 is 21.7 Å². The predicted molar refractivity (Wildman–Crippen MR) is 414 cm³/mol. The minimum Gasteiger partial charge on any atom is -0.264 e. The zero-order valence-corrected chi connectivity index (χ0v) is 51.9. The standard InChI is InChI=1S/3C18H13N.2C17H12N2.5H2/c1-12-8-9-14-13-5-2-3-6-15(13)18-16(17(14)11-12)7-4-10-19-18;1-12-8-9-15-13-5-2-3-6-14(13)16-7-4-10-19-18(16)17(15)11-12;1-12-6-7-15-13-4-2-3-5-14(13)16-8-9-19-11-18(16)17(15)10-12;1-11-6-7-12-13-4-2-8-18-16(13)17-14(15(12)10-11)5-3-9-19-17;1-11-4-5-12-13-6-8-18-10-16(13)17-14(15(12)9-11)3-2-7-19-17;;;;;/h3*2-11H,1H3;2*2-10H,1H3;5*1H/i5*1D;5*1+1D. The largest absolute Gasteiger partial charge is 0.264 e. The number of aryl methyl sites for hydroxylation is 5. The van der Waals surface area contributed by atoms with E-state index < -0.39 is 0 Å². The molecule has 7 nitrogen and oxygen atoms in total. The van der Waals surface area contributed by atoms with Gasteiger partial charge < -0.3 is 0 Å². The van der Waals surface area contributed by atoms with Crippen molar-refractivity contribution in [1.82, 2.24) is 34.9 Å². The van der Waals surface area contributed by atoms with Crippen LogP contribution in [0.4, 0.5) is 0 Å². The number of pyridine rings is 7. The zero-order valence-electron chi connectivity index (χ0n) is 66.9. The number of fused-ring (bicyclic) bond motifs is 30. The van der Waals surface area contributed by atoms with Crippen molar-refractivity contribution in [3.05, 3.63) is 320 Å². The normalized spacial score (nSPS) is 12.5. The summed E-state index contributed by atoms with van der Waals surface area (Å²) < 4.78 is 87.8. The van der Waals surface area contributed by atoms with Crippen LogP contribution in [0.1, 0.15) is 49.5 Å². The summed E-state index contributed by atoms with van der Waals surface area (Å²) in [6.07, 6.45) is 16.6. The second kappa shape index (κ2) is 24.5. The monoisotopic (exact) mass is 1240 g/mol. The molecule has 7 heterocycles. The van der Waals surface area contributed by atoms with Gasteiger partial charge >= 0.3 is 0 Å². The number of nitrogens with zero attached hydrogens (tertiary/aromatic N) is 7. The summed E-state index contributed by atoms with van der Waals surface area (Å²) in [5.74, 6) is 0. The summed E-state index contributed by atoms with van der Waals surface area (Å²) in [5, 5.41) is 29.6. The van der Waals surface area contributed by atoms with E-state index in [0.29, 0.717) is 34.5 Å². The fourth-order valence-corrected chi connectivity index (χ4v) is 13.8. The van der Waals surface area contributed by atoms with E-state index in [0.717, 1.165) is 109 Å². The predicted octanol–water partition coefficient (Wildman–Crippen LogP) is 24.3. The molecule has 0 saturated heterocycles. The topological polar surface area (TPSA) is 90.2 Å². The maximum Gasteiger partial charge on any atom is 0.0970 e. The Morgan fingerprint density at radius 2 is 0.432 bits per heavy atom. The number of benzene rings is 13. The molecule has 13 aromatic carbocycles. The molecular formula is C88H73N7. The Hall–Kier alpha value is -12.2. The summed E-state index contributed by atoms with van der Waals surface area (Å²) in [6.45, 7) is 1.51. The van der Waals surface area contributed by atoms with Gasteiger partial charge in [-0.2, -0.15) is 0 Å². The van der Waals surface area contributed by atoms with E-state index >= 15 is 0 Å². The zero-order chi connectivity index (χ0) is 77.6. The van der Waals surface area contributed by atoms with Crippen LogP contribution in [0.25, 0.3) is 162 Å². The third kappa shape index (κ3) is 10.5. The molecule has 95 heavy (non-hydrogen) atoms. The Morgan fingerprint density at radius 3 is 0.832 bits per heavy atom. The molecule has 0 aliphatic carbocycles. The summed E-state index contributed by atoms with van der Waals surface area (Å²) in [7, 11) is 0. The average Bonchev–Trinajstić information content (AvgIpc) is 0.778. The van der Waals surface area contributed by atoms with Crippen LogP contribution in [-0.4, -0.2) is 34.9 Å². The van der Waals surface area contributed by atoms with Crippen LogP contribution in [0.5, 0.6) is 0 Å². The molecule has 0 aliphatic rings. The fraction of sp³-hybridized carbons (Fsp3) is 0.0568. The van der Waals surface area contributed by atoms with Crippen LogP contribution in [0.3, 0.4) is 0 Å². The first kappa shape index (κ1) is 47.7. The Kier molecular flexibility index (Phi) is 12.3. The summed E-state index contributed by atoms with van der Waals surface area (Å²) >= 11 is 0. The third-order valence-electron chi connectivity index (χ3n) is 18.1. The van der Waals surface area contributed by atoms with E-state index in [9.17, 15) is 0 Å². The summed E-state index contributed by atoms with van der Waals surface area (Å²) in [4.78, 5) is 31.2. The summed E-state index contributed by atoms with van der Waals surface area (Å²) in [6, 6.07) is 81.0. The van der Waals surface area contributed by atoms with Gasteiger partial charge in [-0.15, -0.1) is 0 Å². The van der Waals surface area contributed by atoms with Crippen LogP contribution in [0.15, 0.2) is 292 Å². The molecule has 0 aliphatic heterocycles. The number of hydrogen-bond donors (Lipinski definition) is 0. The van der Waals surface area contributed by atoms with Crippen LogP contribution in [0.2, 0.25) is 0 Å². The highest BCUT2D eigenvalue weighted by atomic mass is 14.7. The van der Waals surface area contributed by atoms with Gasteiger partial charge in [-0.25, -0.2) is 0 Å². The highest BCUT2D eigenvalue weighted by molar-refractivity contribution is 6.28. The molecule has 460 valence electrons. The lowest BCUT2D eigenvalue weighted by atomic mass is 9.94. The SMILES string of the molecule is [2H]Cc1ccc2c(c1)c1cccnc1c1cnccc21.[2H]Cc1ccc2c(c1)c1cccnc1c1ncccc21.[2H]Cc1ccc2c3ccccc3c3cccnc3c2c1.[2H]Cc1ccc2c3ccccc3c3ccncc3c2c1.[2H]Cc1ccc2c3ccccc3c3ncccc3c2c1.[2H][2H].[2H][2H].[2H][2H].[2H][2H].[2H][2H]. The molecule has 0 atom stereocenters. The molecule has 20 aromatic rings. The average molecular weight is 1240 g/mol. The molecule has 0 spiro atoms. The van der Waals surface area contributed by atoms with E-state index in [4.69, 9.17) is 21.7 Å². The Balaban J connectivity index is 0.000000132. The van der Waals surface area contributed by atoms with Crippen LogP contribution in [0, 0.1) is 34.5 Å². The van der Waals surface area contributed by atoms with Crippen molar-refractivity contribution in [3.63, 3.8) is 0 Å². The van der Waals surface area contributed by atoms with Crippen molar-refractivity contribution in [2.75, 3.05) is 0 Å². The van der Waals surface area contributed by atoms with Crippen molar-refractivity contribution in [2.24, 2.45) is 0 Å². The fourth-order valence-electron chi connectivity index (χ4n) is 13.8. The number of hydrogen-bond acceptors (Lipinski definition) is 7. The number of aromatic nitrogens is 7. The van der Waals surface area contributed by atoms with Crippen molar-refractivity contribution >= 4 is 162 Å². The second-order valence-corrected chi connectivity index (χ2v) is 23.9. The lowest BCUT2D eigenvalue weighted by Gasteiger charge is -2.10. The Morgan fingerprint density at radius 1 is 0.200 bits per heavy atom. The first-order valence-electron chi connectivity index (χ1n) is 40.0. The molecule has 0 unspecified atom stereocenters. The molecule has 7 aromatic heterocycles. The minimum absolute atomic E-state index is 0.294. The lowest BCUT2D eigenvalue weighted by Crippen LogP contribution is -1.88. The molecule has 0 fully saturated rings. The molecule has 0 N–H and O–H groups in total. The summed E-state index contributed by atoms with van der Waals surface area (Å²) in [5.41, 5.74) is 10.1. The van der Waals surface area contributed by atoms with Gasteiger partial charge in [-0.1, -0.05) is 216 Å². The lowest BCUT2D eigenvalue weighted by molar-refractivity contribution is 1.36. The Bertz CT molecular complexity index is 5510. The van der Waals surface area contributed by atoms with E-state index in [-0.39, 0.29) is 0 Å². The molecule has 0 radical (unpaired) electrons. The van der Waals surface area contributed by atoms with Crippen LogP contribution >= 0.6 is 0 Å². The number of rotatable bonds is 0. The molecule has 20 rings (SSSR count). The third-order valence-corrected chi connectivity index (χ3v) is 18.1. The van der Waals surface area contributed by atoms with Crippen LogP contribution in [-0.2, 0) is 0 Å². The molecule has 0 amide bonds. The van der Waals surface area contributed by atoms with Gasteiger partial charge in [0.25, 0.3) is 0 Å². The highest BCUT2D eigenvalue weighted by Gasteiger charge is 2.14. The molecule has 7 heteroatoms. The van der Waals surface area contributed by atoms with Gasteiger partial charge in [0.05, 0.1) is 27.6 Å². The van der Waals surface area contributed by atoms with Gasteiger partial charge in [-0.3, -0.25) is 34.9 Å². The highest BCUT2D eigenvalue weighted by Crippen LogP contribution is 2.39. The van der Waals surface area contributed by atoms with E-state index in [1.54, 1.807) is 12.4 Å². The van der Waals surface area contributed by atoms with Gasteiger partial charge in [-0.05, 0) is 169 Å².